The summed E-state index contributed by atoms with van der Waals surface area (Å²) in [6.07, 6.45) is 1.42. The van der Waals surface area contributed by atoms with Crippen LogP contribution in [-0.4, -0.2) is 72.8 Å². The van der Waals surface area contributed by atoms with Gasteiger partial charge in [-0.3, -0.25) is 44.3 Å². The Balaban J connectivity index is 1.50. The molecule has 2 saturated heterocycles. The number of nitro benzene ring substituents is 2. The van der Waals surface area contributed by atoms with Gasteiger partial charge in [0.05, 0.1) is 32.8 Å². The molecule has 4 aliphatic rings. The van der Waals surface area contributed by atoms with Crippen LogP contribution in [0.15, 0.2) is 48.0 Å². The van der Waals surface area contributed by atoms with Crippen molar-refractivity contribution in [2.24, 2.45) is 17.8 Å². The normalized spacial score (nSPS) is 30.2. The highest BCUT2D eigenvalue weighted by atomic mass is 79.9. The summed E-state index contributed by atoms with van der Waals surface area (Å²) in [7, 11) is 2.78. The summed E-state index contributed by atoms with van der Waals surface area (Å²) in [5.74, 6) is -7.17. The topological polar surface area (TPSA) is 185 Å². The minimum Gasteiger partial charge on any atom is -0.508 e. The first-order chi connectivity index (χ1) is 21.6. The van der Waals surface area contributed by atoms with Crippen molar-refractivity contribution < 1.29 is 34.1 Å². The molecule has 2 aliphatic heterocycles. The van der Waals surface area contributed by atoms with Gasteiger partial charge in [-0.15, -0.1) is 23.2 Å². The first kappa shape index (κ1) is 31.9. The third-order valence-electron chi connectivity index (χ3n) is 9.39. The average molecular weight is 737 g/mol. The third-order valence-corrected chi connectivity index (χ3v) is 11.3. The second-order valence-electron chi connectivity index (χ2n) is 11.8. The van der Waals surface area contributed by atoms with E-state index in [1.54, 1.807) is 6.08 Å². The van der Waals surface area contributed by atoms with Crippen LogP contribution in [0.1, 0.15) is 24.3 Å². The van der Waals surface area contributed by atoms with Crippen LogP contribution in [0.3, 0.4) is 0 Å². The summed E-state index contributed by atoms with van der Waals surface area (Å²) in [5, 5.41) is 33.9. The molecule has 1 saturated carbocycles. The second-order valence-corrected chi connectivity index (χ2v) is 13.6. The number of nitro groups is 2. The minimum absolute atomic E-state index is 0.0126. The second kappa shape index (κ2) is 10.7. The average Bonchev–Trinajstić information content (AvgIpc) is 3.34. The maximum atomic E-state index is 14.3. The zero-order valence-corrected chi connectivity index (χ0v) is 27.2. The van der Waals surface area contributed by atoms with Gasteiger partial charge in [0.2, 0.25) is 11.8 Å². The quantitative estimate of drug-likeness (QED) is 0.113. The van der Waals surface area contributed by atoms with Gasteiger partial charge < -0.3 is 10.0 Å². The lowest BCUT2D eigenvalue weighted by atomic mass is 9.56. The number of likely N-dealkylation sites (tertiary alicyclic amines) is 1. The van der Waals surface area contributed by atoms with E-state index in [9.17, 15) is 44.5 Å². The number of alkyl halides is 3. The Morgan fingerprint density at radius 3 is 2.09 bits per heavy atom. The molecule has 240 valence electrons. The van der Waals surface area contributed by atoms with Crippen LogP contribution in [-0.2, 0) is 19.2 Å². The molecule has 3 fully saturated rings. The lowest BCUT2D eigenvalue weighted by Crippen LogP contribution is -2.60. The number of carbonyl (C=O) groups excluding carboxylic acids is 4. The maximum Gasteiger partial charge on any atom is 0.301 e. The number of anilines is 2. The monoisotopic (exact) mass is 735 g/mol. The number of rotatable bonds is 6. The number of amides is 4. The van der Waals surface area contributed by atoms with Gasteiger partial charge in [0.25, 0.3) is 11.8 Å². The molecule has 0 spiro atoms. The fourth-order valence-electron chi connectivity index (χ4n) is 7.50. The number of fused-ring (bicyclic) bond motifs is 4. The molecular formula is C29H24BrCl2N5O9. The molecule has 2 heterocycles. The van der Waals surface area contributed by atoms with E-state index in [4.69, 9.17) is 23.2 Å². The van der Waals surface area contributed by atoms with Gasteiger partial charge in [-0.25, -0.2) is 4.90 Å². The molecule has 2 aromatic carbocycles. The molecule has 2 aromatic rings. The number of imide groups is 2. The molecule has 17 heteroatoms. The van der Waals surface area contributed by atoms with Crippen molar-refractivity contribution in [3.63, 3.8) is 0 Å². The Morgan fingerprint density at radius 2 is 1.57 bits per heavy atom. The van der Waals surface area contributed by atoms with Gasteiger partial charge in [-0.2, -0.15) is 0 Å². The molecule has 0 bridgehead atoms. The number of phenolic OH excluding ortho intramolecular Hbond substituents is 1. The van der Waals surface area contributed by atoms with Crippen LogP contribution in [0.5, 0.6) is 5.75 Å². The number of aromatic hydroxyl groups is 1. The van der Waals surface area contributed by atoms with Crippen LogP contribution >= 0.6 is 39.1 Å². The van der Waals surface area contributed by atoms with Crippen LogP contribution in [0.4, 0.5) is 22.7 Å². The Labute approximate surface area is 278 Å². The first-order valence-corrected chi connectivity index (χ1v) is 15.8. The molecule has 6 atom stereocenters. The van der Waals surface area contributed by atoms with Crippen LogP contribution < -0.4 is 9.80 Å². The number of nitrogens with zero attached hydrogens (tertiary/aromatic N) is 5. The number of hydrogen-bond acceptors (Lipinski definition) is 10. The standard InChI is InChI=1S/C29H24BrCl2N5O9/c1-33(2)23-19(36(43)44)9-14(10-20(23)37(45)46)35-24(39)17-8-7-16-18(21(17)25(35)40)11-28(31)26(41)34(12-30)27(42)29(28,32)22(16)13-3-5-15(38)6-4-13/h3-7,9-10,17-18,21-22,38H,8,11-12H2,1-2H3/t17-,18+,21-,22-,28+,29-/m0/s1. The lowest BCUT2D eigenvalue weighted by molar-refractivity contribution is -0.392. The van der Waals surface area contributed by atoms with Crippen molar-refractivity contribution in [2.45, 2.75) is 28.5 Å². The molecular weight excluding hydrogens is 713 g/mol. The summed E-state index contributed by atoms with van der Waals surface area (Å²) in [6.45, 7) is 0. The van der Waals surface area contributed by atoms with E-state index in [-0.39, 0.29) is 35.4 Å². The van der Waals surface area contributed by atoms with Gasteiger partial charge >= 0.3 is 11.4 Å². The predicted octanol–water partition coefficient (Wildman–Crippen LogP) is 4.19. The molecule has 1 N–H and O–H groups in total. The number of carbonyl (C=O) groups is 4. The van der Waals surface area contributed by atoms with Gasteiger partial charge in [-0.1, -0.05) is 39.7 Å². The third kappa shape index (κ3) is 4.14. The van der Waals surface area contributed by atoms with Gasteiger partial charge in [0.15, 0.2) is 15.4 Å². The van der Waals surface area contributed by atoms with E-state index in [0.717, 1.165) is 21.9 Å². The van der Waals surface area contributed by atoms with E-state index >= 15 is 0 Å². The molecule has 14 nitrogen and oxygen atoms in total. The highest BCUT2D eigenvalue weighted by Gasteiger charge is 2.76. The molecule has 2 aliphatic carbocycles. The fraction of sp³-hybridized carbons (Fsp3) is 0.379. The smallest absolute Gasteiger partial charge is 0.301 e. The SMILES string of the molecule is CN(C)c1c([N+](=O)[O-])cc(N2C(=O)[C@H]3[C@H](CC=C4[C@H]3C[C@@]3(Cl)C(=O)N(CBr)C(=O)[C@@]3(Cl)[C@H]4c3ccc(O)cc3)C2=O)cc1[N+](=O)[O-]. The number of halogens is 3. The molecule has 0 unspecified atom stereocenters. The van der Waals surface area contributed by atoms with Crippen LogP contribution in [0, 0.1) is 38.0 Å². The number of allylic oxidation sites excluding steroid dienone is 2. The van der Waals surface area contributed by atoms with E-state index < -0.39 is 78.3 Å². The molecule has 4 amide bonds. The van der Waals surface area contributed by atoms with Gasteiger partial charge in [-0.05, 0) is 36.5 Å². The highest BCUT2D eigenvalue weighted by Crippen LogP contribution is 2.65. The van der Waals surface area contributed by atoms with Crippen molar-refractivity contribution in [1.82, 2.24) is 4.90 Å². The summed E-state index contributed by atoms with van der Waals surface area (Å²) >= 11 is 17.5. The summed E-state index contributed by atoms with van der Waals surface area (Å²) < 4.78 is 0. The van der Waals surface area contributed by atoms with Crippen LogP contribution in [0.2, 0.25) is 0 Å². The van der Waals surface area contributed by atoms with Crippen molar-refractivity contribution in [3.8, 4) is 5.75 Å². The Kier molecular flexibility index (Phi) is 7.44. The maximum absolute atomic E-state index is 14.3. The van der Waals surface area contributed by atoms with Crippen molar-refractivity contribution in [3.05, 3.63) is 73.8 Å². The molecule has 46 heavy (non-hydrogen) atoms. The van der Waals surface area contributed by atoms with Crippen molar-refractivity contribution >= 4 is 85.5 Å². The van der Waals surface area contributed by atoms with Gasteiger partial charge in [0.1, 0.15) is 5.75 Å². The molecule has 0 radical (unpaired) electrons. The lowest BCUT2D eigenvalue weighted by Gasteiger charge is -2.50. The van der Waals surface area contributed by atoms with Gasteiger partial charge in [0, 0.05) is 32.1 Å². The summed E-state index contributed by atoms with van der Waals surface area (Å²) in [6, 6.07) is 7.73. The Bertz CT molecular complexity index is 1770. The van der Waals surface area contributed by atoms with Crippen molar-refractivity contribution in [1.29, 1.82) is 0 Å². The molecule has 6 rings (SSSR count). The Hall–Kier alpha value is -4.08. The minimum atomic E-state index is -2.05. The summed E-state index contributed by atoms with van der Waals surface area (Å²) in [4.78, 5) is 76.7. The van der Waals surface area contributed by atoms with Crippen molar-refractivity contribution in [2.75, 3.05) is 29.3 Å². The fourth-order valence-corrected chi connectivity index (χ4v) is 8.93. The zero-order valence-electron chi connectivity index (χ0n) is 24.1. The Morgan fingerprint density at radius 1 is 0.978 bits per heavy atom. The number of benzene rings is 2. The predicted molar refractivity (Wildman–Crippen MR) is 168 cm³/mol. The summed E-state index contributed by atoms with van der Waals surface area (Å²) in [5.41, 5.74) is -1.27. The number of hydrogen-bond donors (Lipinski definition) is 1. The number of phenols is 1. The van der Waals surface area contributed by atoms with E-state index in [1.807, 2.05) is 0 Å². The van der Waals surface area contributed by atoms with E-state index in [1.165, 1.54) is 43.3 Å². The highest BCUT2D eigenvalue weighted by molar-refractivity contribution is 9.09. The largest absolute Gasteiger partial charge is 0.508 e. The first-order valence-electron chi connectivity index (χ1n) is 13.9. The van der Waals surface area contributed by atoms with E-state index in [2.05, 4.69) is 15.9 Å². The van der Waals surface area contributed by atoms with E-state index in [0.29, 0.717) is 11.1 Å². The van der Waals surface area contributed by atoms with Crippen LogP contribution in [0.25, 0.3) is 0 Å². The zero-order chi connectivity index (χ0) is 33.6. The molecule has 0 aromatic heterocycles.